The predicted octanol–water partition coefficient (Wildman–Crippen LogP) is 6.76. The molecule has 19 heteroatoms. The monoisotopic (exact) mass is 962 g/mol. The number of carbonyl (C=O) groups excluding carboxylic acids is 7. The number of carbonyl (C=O) groups is 7. The van der Waals surface area contributed by atoms with Crippen molar-refractivity contribution in [3.8, 4) is 0 Å². The summed E-state index contributed by atoms with van der Waals surface area (Å²) in [5.41, 5.74) is 0.328. The number of alkyl carbamates (subject to hydrolysis) is 1. The number of halogens is 1. The van der Waals surface area contributed by atoms with Crippen molar-refractivity contribution in [2.24, 2.45) is 11.8 Å². The Morgan fingerprint density at radius 1 is 1.09 bits per heavy atom. The first-order valence-electron chi connectivity index (χ1n) is 22.0. The molecule has 1 aromatic rings. The summed E-state index contributed by atoms with van der Waals surface area (Å²) in [7, 11) is 6.21. The van der Waals surface area contributed by atoms with E-state index >= 15 is 0 Å². The van der Waals surface area contributed by atoms with Gasteiger partial charge in [-0.15, -0.1) is 5.06 Å². The molecule has 2 N–H and O–H groups in total. The number of allylic oxidation sites excluding steroid dienone is 3. The average Bonchev–Trinajstić information content (AvgIpc) is 3.84. The number of fused-ring (bicyclic) bond motifs is 5. The number of hydrogen-bond acceptors (Lipinski definition) is 14. The molecule has 4 bridgehead atoms. The summed E-state index contributed by atoms with van der Waals surface area (Å²) in [6.45, 7) is 14.7. The first-order chi connectivity index (χ1) is 30.4. The highest BCUT2D eigenvalue weighted by atomic mass is 35.5. The number of hydroxylamine groups is 2. The van der Waals surface area contributed by atoms with Gasteiger partial charge in [0.05, 0.1) is 23.2 Å². The van der Waals surface area contributed by atoms with E-state index < -0.39 is 83.3 Å². The van der Waals surface area contributed by atoms with Crippen LogP contribution < -0.4 is 10.2 Å². The van der Waals surface area contributed by atoms with Crippen LogP contribution in [0.5, 0.6) is 0 Å². The quantitative estimate of drug-likeness (QED) is 0.0690. The average molecular weight is 964 g/mol. The number of anilines is 1. The summed E-state index contributed by atoms with van der Waals surface area (Å²) < 4.78 is 17.8. The Morgan fingerprint density at radius 2 is 1.77 bits per heavy atom. The van der Waals surface area contributed by atoms with Gasteiger partial charge in [0.15, 0.2) is 0 Å². The van der Waals surface area contributed by atoms with Gasteiger partial charge in [-0.25, -0.2) is 14.4 Å². The van der Waals surface area contributed by atoms with Crippen molar-refractivity contribution in [1.82, 2.24) is 15.3 Å². The van der Waals surface area contributed by atoms with Crippen molar-refractivity contribution in [2.45, 2.75) is 154 Å². The van der Waals surface area contributed by atoms with E-state index in [9.17, 15) is 38.7 Å². The molecule has 4 aliphatic heterocycles. The molecular formula is C46H63ClN4O12S2. The zero-order valence-electron chi connectivity index (χ0n) is 38.9. The number of esters is 1. The molecule has 4 aliphatic rings. The van der Waals surface area contributed by atoms with Crippen molar-refractivity contribution in [1.29, 1.82) is 0 Å². The van der Waals surface area contributed by atoms with Crippen molar-refractivity contribution < 1.29 is 57.7 Å². The SMILES string of the molecule is C/C1=C\C=C\[C@@H](C)[C@@]2(O)CC(OC(=O)N2)[C@@H](C)C2O[C@@]2(C)[C@@H](OC(=O)[C@H](C)N(C)C(=O)CCC(C)(C)SSCCCC(=O)ON2C(=O)CCC2=O)CC(=O)N(C)c2cc(cc(C)c2Cl)C1. The molecule has 5 rings (SSSR count). The van der Waals surface area contributed by atoms with Crippen molar-refractivity contribution in [3.63, 3.8) is 0 Å². The van der Waals surface area contributed by atoms with Gasteiger partial charge in [-0.2, -0.15) is 0 Å². The molecule has 0 saturated carbocycles. The maximum Gasteiger partial charge on any atom is 0.409 e. The summed E-state index contributed by atoms with van der Waals surface area (Å²) in [4.78, 5) is 97.9. The molecule has 16 nitrogen and oxygen atoms in total. The Hall–Kier alpha value is -4.10. The normalized spacial score (nSPS) is 29.2. The molecular weight excluding hydrogens is 900 g/mol. The Bertz CT molecular complexity index is 2080. The van der Waals surface area contributed by atoms with Crippen LogP contribution in [0, 0.1) is 18.8 Å². The Morgan fingerprint density at radius 3 is 2.45 bits per heavy atom. The lowest BCUT2D eigenvalue weighted by molar-refractivity contribution is -0.197. The van der Waals surface area contributed by atoms with E-state index in [0.29, 0.717) is 40.8 Å². The predicted molar refractivity (Wildman–Crippen MR) is 247 cm³/mol. The van der Waals surface area contributed by atoms with Crippen molar-refractivity contribution >= 4 is 80.5 Å². The molecule has 0 aromatic heterocycles. The molecule has 358 valence electrons. The number of aryl methyl sites for hydroxylation is 1. The third-order valence-corrected chi connectivity index (χ3v) is 16.6. The van der Waals surface area contributed by atoms with Crippen molar-refractivity contribution in [3.05, 3.63) is 52.1 Å². The summed E-state index contributed by atoms with van der Waals surface area (Å²) in [5.74, 6) is -3.57. The van der Waals surface area contributed by atoms with Gasteiger partial charge in [0.2, 0.25) is 11.8 Å². The van der Waals surface area contributed by atoms with Gasteiger partial charge in [0, 0.05) is 68.5 Å². The number of ether oxygens (including phenoxy) is 3. The van der Waals surface area contributed by atoms with Crippen LogP contribution >= 0.6 is 33.2 Å². The number of nitrogens with one attached hydrogen (secondary N) is 1. The number of imide groups is 1. The minimum absolute atomic E-state index is 0.0296. The maximum absolute atomic E-state index is 14.3. The fraction of sp³-hybridized carbons (Fsp3) is 0.630. The summed E-state index contributed by atoms with van der Waals surface area (Å²) >= 11 is 6.81. The van der Waals surface area contributed by atoms with E-state index in [-0.39, 0.29) is 49.2 Å². The van der Waals surface area contributed by atoms with E-state index in [2.05, 4.69) is 5.32 Å². The largest absolute Gasteiger partial charge is 0.457 e. The molecule has 0 spiro atoms. The Kier molecular flexibility index (Phi) is 17.0. The number of amides is 5. The number of likely N-dealkylation sites (N-methyl/N-ethyl adjacent to an activating group) is 1. The van der Waals surface area contributed by atoms with Crippen LogP contribution in [-0.2, 0) is 54.2 Å². The summed E-state index contributed by atoms with van der Waals surface area (Å²) in [5, 5.41) is 15.3. The topological polar surface area (TPSA) is 202 Å². The summed E-state index contributed by atoms with van der Waals surface area (Å²) in [6, 6.07) is 2.78. The van der Waals surface area contributed by atoms with Gasteiger partial charge in [-0.05, 0) is 78.0 Å². The molecule has 0 radical (unpaired) electrons. The third kappa shape index (κ3) is 12.9. The lowest BCUT2D eigenvalue weighted by atomic mass is 9.82. The second-order valence-corrected chi connectivity index (χ2v) is 22.0. The molecule has 8 atom stereocenters. The fourth-order valence-electron chi connectivity index (χ4n) is 8.07. The van der Waals surface area contributed by atoms with Crippen LogP contribution in [0.3, 0.4) is 0 Å². The number of hydrogen-bond donors (Lipinski definition) is 2. The van der Waals surface area contributed by atoms with Crippen LogP contribution in [0.4, 0.5) is 10.5 Å². The highest BCUT2D eigenvalue weighted by molar-refractivity contribution is 8.77. The molecule has 3 fully saturated rings. The Balaban J connectivity index is 1.26. The van der Waals surface area contributed by atoms with E-state index in [0.717, 1.165) is 16.7 Å². The van der Waals surface area contributed by atoms with E-state index in [1.165, 1.54) is 27.6 Å². The molecule has 65 heavy (non-hydrogen) atoms. The second-order valence-electron chi connectivity index (χ2n) is 18.5. The number of nitrogens with zero attached hydrogens (tertiary/aromatic N) is 3. The van der Waals surface area contributed by atoms with Gasteiger partial charge in [0.25, 0.3) is 11.8 Å². The molecule has 2 unspecified atom stereocenters. The second kappa shape index (κ2) is 21.2. The third-order valence-electron chi connectivity index (χ3n) is 12.7. The van der Waals surface area contributed by atoms with E-state index in [4.69, 9.17) is 30.6 Å². The van der Waals surface area contributed by atoms with Gasteiger partial charge in [-0.1, -0.05) is 76.9 Å². The Labute approximate surface area is 394 Å². The maximum atomic E-state index is 14.3. The first kappa shape index (κ1) is 51.9. The van der Waals surface area contributed by atoms with Crippen LogP contribution in [0.15, 0.2) is 35.9 Å². The lowest BCUT2D eigenvalue weighted by Crippen LogP contribution is -2.60. The minimum atomic E-state index is -1.63. The first-order valence-corrected chi connectivity index (χ1v) is 24.7. The van der Waals surface area contributed by atoms with Crippen LogP contribution in [0.25, 0.3) is 0 Å². The lowest BCUT2D eigenvalue weighted by Gasteiger charge is -2.41. The number of benzene rings is 1. The van der Waals surface area contributed by atoms with Crippen molar-refractivity contribution in [2.75, 3.05) is 24.7 Å². The zero-order chi connectivity index (χ0) is 48.2. The number of aliphatic hydroxyl groups is 1. The fourth-order valence-corrected chi connectivity index (χ4v) is 11.0. The van der Waals surface area contributed by atoms with Gasteiger partial charge in [0.1, 0.15) is 29.6 Å². The zero-order valence-corrected chi connectivity index (χ0v) is 41.3. The molecule has 3 saturated heterocycles. The van der Waals surface area contributed by atoms with Crippen LogP contribution in [0.2, 0.25) is 5.02 Å². The van der Waals surface area contributed by atoms with Crippen LogP contribution in [-0.4, -0.2) is 117 Å². The smallest absolute Gasteiger partial charge is 0.409 e. The van der Waals surface area contributed by atoms with Crippen LogP contribution in [0.1, 0.15) is 111 Å². The number of epoxide rings is 1. The van der Waals surface area contributed by atoms with E-state index in [1.54, 1.807) is 38.6 Å². The van der Waals surface area contributed by atoms with Gasteiger partial charge in [-0.3, -0.25) is 24.5 Å². The number of rotatable bonds is 13. The highest BCUT2D eigenvalue weighted by Crippen LogP contribution is 2.49. The van der Waals surface area contributed by atoms with Gasteiger partial charge >= 0.3 is 18.0 Å². The minimum Gasteiger partial charge on any atom is -0.457 e. The molecule has 4 heterocycles. The molecule has 5 amide bonds. The van der Waals surface area contributed by atoms with Gasteiger partial charge < -0.3 is 34.0 Å². The molecule has 0 aliphatic carbocycles. The highest BCUT2D eigenvalue weighted by Gasteiger charge is 2.64. The summed E-state index contributed by atoms with van der Waals surface area (Å²) in [6.07, 6.45) is 3.67. The molecule has 1 aromatic carbocycles. The standard InChI is InChI=1S/C46H63ClN4O12S2/c1-26-13-11-14-28(3)46(59)25-33(60-43(58)48-46)29(4)41-45(8,62-41)34(24-38(55)50(10)32-23-31(21-26)22-27(2)40(32)47)61-42(57)30(5)49(9)35(52)18-19-44(6,7)65-64-20-12-15-39(56)63-51-36(53)16-17-37(51)54/h11,13-14,22-23,28-30,33-34,41,59H,12,15-21,24-25H2,1-10H3,(H,48,58)/b14-11+,26-13+/t28-,29-,30+,33?,34+,41?,45+,46+/m1/s1. The van der Waals surface area contributed by atoms with E-state index in [1.807, 2.05) is 65.0 Å².